The molecule has 0 spiro atoms. The van der Waals surface area contributed by atoms with Crippen molar-refractivity contribution in [3.8, 4) is 0 Å². The zero-order valence-corrected chi connectivity index (χ0v) is 17.2. The number of hydrogen-bond donors (Lipinski definition) is 1. The van der Waals surface area contributed by atoms with Gasteiger partial charge in [0.05, 0.1) is 11.1 Å². The van der Waals surface area contributed by atoms with Crippen LogP contribution >= 0.6 is 0 Å². The maximum Gasteiger partial charge on any atom is 0.300 e. The number of rotatable bonds is 5. The van der Waals surface area contributed by atoms with Gasteiger partial charge in [-0.3, -0.25) is 0 Å². The molecule has 0 aliphatic rings. The van der Waals surface area contributed by atoms with E-state index in [4.69, 9.17) is 8.83 Å². The molecule has 4 nitrogen and oxygen atoms in total. The third kappa shape index (κ3) is 3.19. The van der Waals surface area contributed by atoms with Gasteiger partial charge in [-0.05, 0) is 48.5 Å². The lowest BCUT2D eigenvalue weighted by Gasteiger charge is -2.24. The molecular formula is C28H20N2O2. The highest BCUT2D eigenvalue weighted by atomic mass is 16.5. The maximum atomic E-state index is 5.95. The fourth-order valence-electron chi connectivity index (χ4n) is 4.10. The van der Waals surface area contributed by atoms with Gasteiger partial charge in [-0.1, -0.05) is 60.7 Å². The zero-order chi connectivity index (χ0) is 21.3. The average Bonchev–Trinajstić information content (AvgIpc) is 3.41. The van der Waals surface area contributed by atoms with E-state index in [1.807, 2.05) is 54.6 Å². The molecule has 0 bridgehead atoms. The van der Waals surface area contributed by atoms with Crippen molar-refractivity contribution in [3.05, 3.63) is 115 Å². The molecule has 154 valence electrons. The Labute approximate surface area is 185 Å². The number of anilines is 5. The van der Waals surface area contributed by atoms with Crippen LogP contribution < -0.4 is 10.2 Å². The normalized spacial score (nSPS) is 11.1. The number of para-hydroxylation sites is 3. The third-order valence-electron chi connectivity index (χ3n) is 5.52. The molecule has 0 saturated carbocycles. The first-order chi connectivity index (χ1) is 15.9. The molecule has 6 rings (SSSR count). The molecule has 2 heterocycles. The Hall–Kier alpha value is -4.44. The van der Waals surface area contributed by atoms with Gasteiger partial charge in [0.2, 0.25) is 0 Å². The Kier molecular flexibility index (Phi) is 4.40. The molecule has 0 atom stereocenters. The monoisotopic (exact) mass is 416 g/mol. The molecule has 4 aromatic carbocycles. The summed E-state index contributed by atoms with van der Waals surface area (Å²) in [6.45, 7) is 0. The number of nitrogens with zero attached hydrogens (tertiary/aromatic N) is 1. The van der Waals surface area contributed by atoms with Crippen molar-refractivity contribution in [2.45, 2.75) is 0 Å². The van der Waals surface area contributed by atoms with E-state index in [1.54, 1.807) is 6.26 Å². The lowest BCUT2D eigenvalue weighted by molar-refractivity contribution is 0.499. The molecule has 0 saturated heterocycles. The van der Waals surface area contributed by atoms with Crippen LogP contribution in [0, 0.1) is 0 Å². The Bertz CT molecular complexity index is 1500. The third-order valence-corrected chi connectivity index (χ3v) is 5.52. The molecule has 0 aliphatic carbocycles. The van der Waals surface area contributed by atoms with Crippen LogP contribution in [0.4, 0.5) is 28.4 Å². The molecule has 4 heteroatoms. The van der Waals surface area contributed by atoms with Crippen molar-refractivity contribution in [1.82, 2.24) is 0 Å². The van der Waals surface area contributed by atoms with E-state index in [9.17, 15) is 0 Å². The van der Waals surface area contributed by atoms with E-state index in [0.29, 0.717) is 5.78 Å². The van der Waals surface area contributed by atoms with E-state index in [2.05, 4.69) is 64.8 Å². The maximum absolute atomic E-state index is 5.95. The predicted molar refractivity (Wildman–Crippen MR) is 130 cm³/mol. The molecule has 2 aromatic heterocycles. The second-order valence-electron chi connectivity index (χ2n) is 7.59. The second kappa shape index (κ2) is 7.67. The minimum absolute atomic E-state index is 0.528. The fraction of sp³-hybridized carbons (Fsp3) is 0. The summed E-state index contributed by atoms with van der Waals surface area (Å²) in [5.41, 5.74) is 5.86. The summed E-state index contributed by atoms with van der Waals surface area (Å²) in [5.74, 6) is 0.528. The summed E-state index contributed by atoms with van der Waals surface area (Å²) in [6.07, 6.45) is 1.77. The smallest absolute Gasteiger partial charge is 0.300 e. The molecular weight excluding hydrogens is 396 g/mol. The lowest BCUT2D eigenvalue weighted by atomic mass is 10.1. The number of hydrogen-bond acceptors (Lipinski definition) is 4. The average molecular weight is 416 g/mol. The van der Waals surface area contributed by atoms with Gasteiger partial charge < -0.3 is 19.1 Å². The molecule has 0 amide bonds. The standard InChI is InChI=1S/C28H20N2O2/c1-3-10-20(11-4-1)29-21-12-9-15-23(18-21)30(22-13-5-2-6-14-22)25-19-31-28-27(25)24-16-7-8-17-26(24)32-28/h1-19,29H. The van der Waals surface area contributed by atoms with Gasteiger partial charge in [0.1, 0.15) is 11.8 Å². The molecule has 0 unspecified atom stereocenters. The predicted octanol–water partition coefficient (Wildman–Crippen LogP) is 8.39. The number of benzene rings is 4. The molecule has 0 radical (unpaired) electrons. The first-order valence-corrected chi connectivity index (χ1v) is 10.5. The van der Waals surface area contributed by atoms with Crippen LogP contribution in [0.25, 0.3) is 22.1 Å². The number of furan rings is 2. The Morgan fingerprint density at radius 2 is 1.31 bits per heavy atom. The topological polar surface area (TPSA) is 41.5 Å². The second-order valence-corrected chi connectivity index (χ2v) is 7.59. The van der Waals surface area contributed by atoms with Crippen LogP contribution in [0.3, 0.4) is 0 Å². The largest absolute Gasteiger partial charge is 0.431 e. The highest BCUT2D eigenvalue weighted by Crippen LogP contribution is 2.44. The van der Waals surface area contributed by atoms with Gasteiger partial charge in [-0.25, -0.2) is 0 Å². The summed E-state index contributed by atoms with van der Waals surface area (Å²) in [5, 5.41) is 5.49. The van der Waals surface area contributed by atoms with Crippen molar-refractivity contribution in [3.63, 3.8) is 0 Å². The molecule has 6 aromatic rings. The minimum Gasteiger partial charge on any atom is -0.431 e. The highest BCUT2D eigenvalue weighted by Gasteiger charge is 2.22. The molecule has 0 fully saturated rings. The van der Waals surface area contributed by atoms with Gasteiger partial charge >= 0.3 is 0 Å². The van der Waals surface area contributed by atoms with E-state index in [1.165, 1.54) is 0 Å². The summed E-state index contributed by atoms with van der Waals surface area (Å²) >= 11 is 0. The lowest BCUT2D eigenvalue weighted by Crippen LogP contribution is -2.09. The summed E-state index contributed by atoms with van der Waals surface area (Å²) in [6, 6.07) is 36.8. The first kappa shape index (κ1) is 18.3. The quantitative estimate of drug-likeness (QED) is 0.306. The number of fused-ring (bicyclic) bond motifs is 3. The Morgan fingerprint density at radius 3 is 2.16 bits per heavy atom. The highest BCUT2D eigenvalue weighted by molar-refractivity contribution is 6.12. The van der Waals surface area contributed by atoms with Crippen LogP contribution in [0.15, 0.2) is 124 Å². The van der Waals surface area contributed by atoms with Crippen molar-refractivity contribution in [2.24, 2.45) is 0 Å². The van der Waals surface area contributed by atoms with Gasteiger partial charge in [0.25, 0.3) is 5.78 Å². The summed E-state index contributed by atoms with van der Waals surface area (Å²) < 4.78 is 11.8. The van der Waals surface area contributed by atoms with E-state index in [-0.39, 0.29) is 0 Å². The Balaban J connectivity index is 1.52. The van der Waals surface area contributed by atoms with E-state index >= 15 is 0 Å². The van der Waals surface area contributed by atoms with Crippen molar-refractivity contribution in [2.75, 3.05) is 10.2 Å². The number of nitrogens with one attached hydrogen (secondary N) is 1. The van der Waals surface area contributed by atoms with Gasteiger partial charge in [-0.15, -0.1) is 0 Å². The van der Waals surface area contributed by atoms with E-state index in [0.717, 1.165) is 44.8 Å². The van der Waals surface area contributed by atoms with Crippen LogP contribution in [-0.4, -0.2) is 0 Å². The zero-order valence-electron chi connectivity index (χ0n) is 17.2. The van der Waals surface area contributed by atoms with Gasteiger partial charge in [0.15, 0.2) is 0 Å². The van der Waals surface area contributed by atoms with Crippen LogP contribution in [0.2, 0.25) is 0 Å². The van der Waals surface area contributed by atoms with Crippen molar-refractivity contribution >= 4 is 50.6 Å². The van der Waals surface area contributed by atoms with Crippen molar-refractivity contribution < 1.29 is 8.83 Å². The summed E-state index contributed by atoms with van der Waals surface area (Å²) in [4.78, 5) is 2.20. The minimum atomic E-state index is 0.528. The first-order valence-electron chi connectivity index (χ1n) is 10.5. The molecule has 1 N–H and O–H groups in total. The van der Waals surface area contributed by atoms with Crippen LogP contribution in [0.5, 0.6) is 0 Å². The SMILES string of the molecule is c1ccc(Nc2cccc(N(c3ccccc3)c3coc4oc5ccccc5c34)c2)cc1. The fourth-order valence-corrected chi connectivity index (χ4v) is 4.10. The van der Waals surface area contributed by atoms with Crippen molar-refractivity contribution in [1.29, 1.82) is 0 Å². The molecule has 32 heavy (non-hydrogen) atoms. The Morgan fingerprint density at radius 1 is 0.625 bits per heavy atom. The summed E-state index contributed by atoms with van der Waals surface area (Å²) in [7, 11) is 0. The van der Waals surface area contributed by atoms with Crippen LogP contribution in [-0.2, 0) is 0 Å². The van der Waals surface area contributed by atoms with E-state index < -0.39 is 0 Å². The van der Waals surface area contributed by atoms with Gasteiger partial charge in [-0.2, -0.15) is 0 Å². The molecule has 0 aliphatic heterocycles. The van der Waals surface area contributed by atoms with Crippen LogP contribution in [0.1, 0.15) is 0 Å². The van der Waals surface area contributed by atoms with Gasteiger partial charge in [0, 0.05) is 28.1 Å².